The van der Waals surface area contributed by atoms with E-state index < -0.39 is 6.10 Å². The van der Waals surface area contributed by atoms with E-state index in [2.05, 4.69) is 13.8 Å². The smallest absolute Gasteiger partial charge is 0.187 e. The molecule has 0 saturated carbocycles. The van der Waals surface area contributed by atoms with Crippen molar-refractivity contribution in [3.63, 3.8) is 0 Å². The molecule has 38 heavy (non-hydrogen) atoms. The van der Waals surface area contributed by atoms with Crippen LogP contribution in [0.15, 0.2) is 117 Å². The second-order valence-electron chi connectivity index (χ2n) is 8.98. The first-order chi connectivity index (χ1) is 18.5. The number of fused-ring (bicyclic) bond motifs is 1. The lowest BCUT2D eigenvalue weighted by Crippen LogP contribution is -2.09. The number of ketones is 1. The highest BCUT2D eigenvalue weighted by Crippen LogP contribution is 2.37. The van der Waals surface area contributed by atoms with Gasteiger partial charge in [-0.3, -0.25) is 4.79 Å². The number of aromatic hydroxyl groups is 1. The molecule has 0 saturated heterocycles. The molecule has 0 amide bonds. The van der Waals surface area contributed by atoms with Crippen molar-refractivity contribution in [3.05, 3.63) is 113 Å². The summed E-state index contributed by atoms with van der Waals surface area (Å²) in [6.07, 6.45) is 10.00. The Hall–Kier alpha value is -3.19. The van der Waals surface area contributed by atoms with Crippen molar-refractivity contribution >= 4 is 29.3 Å². The molecule has 1 aliphatic carbocycles. The average Bonchev–Trinajstić information content (AvgIpc) is 2.93. The molecule has 2 N–H and O–H groups in total. The highest BCUT2D eigenvalue weighted by atomic mass is 32.2. The number of allylic oxidation sites excluding steroid dienone is 4. The van der Waals surface area contributed by atoms with Gasteiger partial charge >= 0.3 is 0 Å². The maximum absolute atomic E-state index is 13.1. The van der Waals surface area contributed by atoms with Gasteiger partial charge in [-0.1, -0.05) is 74.5 Å². The Balaban J connectivity index is 1.56. The highest BCUT2D eigenvalue weighted by molar-refractivity contribution is 8.03. The van der Waals surface area contributed by atoms with Crippen LogP contribution in [0, 0.1) is 5.92 Å². The molecule has 1 unspecified atom stereocenters. The maximum Gasteiger partial charge on any atom is 0.187 e. The summed E-state index contributed by atoms with van der Waals surface area (Å²) in [6, 6.07) is 20.4. The summed E-state index contributed by atoms with van der Waals surface area (Å²) >= 11 is 2.97. The molecule has 1 aliphatic rings. The minimum atomic E-state index is -0.962. The van der Waals surface area contributed by atoms with E-state index in [-0.39, 0.29) is 11.5 Å². The number of carbonyl (C=O) groups excluding carboxylic acids is 1. The Morgan fingerprint density at radius 1 is 0.868 bits per heavy atom. The van der Waals surface area contributed by atoms with E-state index in [4.69, 9.17) is 4.74 Å². The molecule has 0 aliphatic heterocycles. The molecule has 196 valence electrons. The predicted molar refractivity (Wildman–Crippen MR) is 156 cm³/mol. The number of carbonyl (C=O) groups is 1. The third-order valence-electron chi connectivity index (χ3n) is 6.33. The SMILES string of the molecule is CCC(CC)COc1ccc(SC2=C\C(O)c3cccc(Sc4ccc(O)cc4)c3C(=O)/C=C/C=C\2)cc1. The summed E-state index contributed by atoms with van der Waals surface area (Å²) in [7, 11) is 0. The van der Waals surface area contributed by atoms with Gasteiger partial charge in [0.05, 0.1) is 12.7 Å². The number of aliphatic hydroxyl groups is 1. The van der Waals surface area contributed by atoms with Gasteiger partial charge in [-0.15, -0.1) is 0 Å². The fraction of sp³-hybridized carbons (Fsp3) is 0.219. The van der Waals surface area contributed by atoms with Gasteiger partial charge in [0, 0.05) is 25.2 Å². The van der Waals surface area contributed by atoms with Crippen LogP contribution in [0.25, 0.3) is 0 Å². The molecule has 3 aromatic carbocycles. The van der Waals surface area contributed by atoms with Crippen molar-refractivity contribution in [2.24, 2.45) is 5.92 Å². The zero-order valence-electron chi connectivity index (χ0n) is 21.5. The third-order valence-corrected chi connectivity index (χ3v) is 8.41. The molecule has 0 spiro atoms. The number of rotatable bonds is 9. The van der Waals surface area contributed by atoms with E-state index in [0.29, 0.717) is 17.0 Å². The Kier molecular flexibility index (Phi) is 9.93. The molecule has 0 bridgehead atoms. The van der Waals surface area contributed by atoms with Crippen LogP contribution >= 0.6 is 23.5 Å². The quantitative estimate of drug-likeness (QED) is 0.282. The van der Waals surface area contributed by atoms with Gasteiger partial charge in [-0.2, -0.15) is 0 Å². The van der Waals surface area contributed by atoms with Crippen LogP contribution in [-0.2, 0) is 0 Å². The van der Waals surface area contributed by atoms with Crippen molar-refractivity contribution < 1.29 is 19.7 Å². The standard InChI is InChI=1S/C32H32O4S2/c1-3-22(4-2)21-36-24-14-18-25(19-15-24)37-27-8-5-6-10-29(34)32-28(30(35)20-27)9-7-11-31(32)38-26-16-12-23(33)13-17-26/h5-20,22,30,33,35H,3-4,21H2,1-2H3/b8-5-,10-6+,27-20-. The van der Waals surface area contributed by atoms with Gasteiger partial charge in [0.15, 0.2) is 5.78 Å². The summed E-state index contributed by atoms with van der Waals surface area (Å²) in [5.74, 6) is 1.43. The zero-order valence-corrected chi connectivity index (χ0v) is 23.2. The summed E-state index contributed by atoms with van der Waals surface area (Å²) in [5.41, 5.74) is 1.03. The van der Waals surface area contributed by atoms with Crippen molar-refractivity contribution in [3.8, 4) is 11.5 Å². The molecule has 3 aromatic rings. The van der Waals surface area contributed by atoms with E-state index in [9.17, 15) is 15.0 Å². The fourth-order valence-electron chi connectivity index (χ4n) is 4.01. The number of hydrogen-bond donors (Lipinski definition) is 2. The largest absolute Gasteiger partial charge is 0.508 e. The van der Waals surface area contributed by atoms with Gasteiger partial charge in [0.25, 0.3) is 0 Å². The number of phenolic OH excluding ortho intramolecular Hbond substituents is 1. The normalized spacial score (nSPS) is 18.4. The Bertz CT molecular complexity index is 1320. The van der Waals surface area contributed by atoms with Crippen molar-refractivity contribution in [1.82, 2.24) is 0 Å². The van der Waals surface area contributed by atoms with E-state index in [1.807, 2.05) is 48.6 Å². The number of benzene rings is 3. The van der Waals surface area contributed by atoms with Crippen molar-refractivity contribution in [2.45, 2.75) is 47.5 Å². The monoisotopic (exact) mass is 544 g/mol. The summed E-state index contributed by atoms with van der Waals surface area (Å²) in [5, 5.41) is 20.8. The topological polar surface area (TPSA) is 66.8 Å². The fourth-order valence-corrected chi connectivity index (χ4v) is 5.89. The molecule has 4 rings (SSSR count). The van der Waals surface area contributed by atoms with Crippen LogP contribution in [-0.4, -0.2) is 22.6 Å². The van der Waals surface area contributed by atoms with Crippen LogP contribution in [0.4, 0.5) is 0 Å². The first-order valence-corrected chi connectivity index (χ1v) is 14.4. The van der Waals surface area contributed by atoms with Gasteiger partial charge in [-0.05, 0) is 84.3 Å². The highest BCUT2D eigenvalue weighted by Gasteiger charge is 2.20. The number of phenols is 1. The van der Waals surface area contributed by atoms with E-state index in [1.54, 1.807) is 54.2 Å². The zero-order chi connectivity index (χ0) is 26.9. The lowest BCUT2D eigenvalue weighted by molar-refractivity contribution is 0.103. The van der Waals surface area contributed by atoms with Crippen molar-refractivity contribution in [2.75, 3.05) is 6.61 Å². The molecule has 0 fully saturated rings. The summed E-state index contributed by atoms with van der Waals surface area (Å²) < 4.78 is 5.95. The van der Waals surface area contributed by atoms with Gasteiger partial charge in [0.2, 0.25) is 0 Å². The molecule has 4 nitrogen and oxygen atoms in total. The van der Waals surface area contributed by atoms with Crippen LogP contribution in [0.2, 0.25) is 0 Å². The van der Waals surface area contributed by atoms with E-state index in [1.165, 1.54) is 17.8 Å². The van der Waals surface area contributed by atoms with Crippen molar-refractivity contribution in [1.29, 1.82) is 0 Å². The van der Waals surface area contributed by atoms with Crippen LogP contribution in [0.3, 0.4) is 0 Å². The van der Waals surface area contributed by atoms with Gasteiger partial charge in [0.1, 0.15) is 11.5 Å². The van der Waals surface area contributed by atoms with E-state index in [0.717, 1.165) is 44.8 Å². The molecule has 1 atom stereocenters. The summed E-state index contributed by atoms with van der Waals surface area (Å²) in [6.45, 7) is 5.09. The lowest BCUT2D eigenvalue weighted by Gasteiger charge is -2.17. The number of thioether (sulfide) groups is 1. The number of hydrogen-bond acceptors (Lipinski definition) is 6. The first-order valence-electron chi connectivity index (χ1n) is 12.8. The molecular formula is C32H32O4S2. The Morgan fingerprint density at radius 3 is 2.24 bits per heavy atom. The number of ether oxygens (including phenoxy) is 1. The molecular weight excluding hydrogens is 512 g/mol. The Labute approximate surface area is 233 Å². The summed E-state index contributed by atoms with van der Waals surface area (Å²) in [4.78, 5) is 16.7. The van der Waals surface area contributed by atoms with E-state index >= 15 is 0 Å². The minimum Gasteiger partial charge on any atom is -0.508 e. The Morgan fingerprint density at radius 2 is 1.53 bits per heavy atom. The maximum atomic E-state index is 13.1. The van der Waals surface area contributed by atoms with Gasteiger partial charge in [-0.25, -0.2) is 0 Å². The molecule has 0 heterocycles. The van der Waals surface area contributed by atoms with Crippen LogP contribution < -0.4 is 4.74 Å². The van der Waals surface area contributed by atoms with Gasteiger partial charge < -0.3 is 14.9 Å². The average molecular weight is 545 g/mol. The lowest BCUT2D eigenvalue weighted by atomic mass is 9.97. The third kappa shape index (κ3) is 7.44. The molecule has 0 aromatic heterocycles. The van der Waals surface area contributed by atoms with Crippen LogP contribution in [0.1, 0.15) is 48.7 Å². The molecule has 0 radical (unpaired) electrons. The number of aliphatic hydroxyl groups excluding tert-OH is 1. The minimum absolute atomic E-state index is 0.168. The predicted octanol–water partition coefficient (Wildman–Crippen LogP) is 8.38. The first kappa shape index (κ1) is 27.8. The molecule has 6 heteroatoms. The second kappa shape index (κ2) is 13.6. The second-order valence-corrected chi connectivity index (χ2v) is 11.2. The van der Waals surface area contributed by atoms with Crippen LogP contribution in [0.5, 0.6) is 11.5 Å².